The number of hydrogen-bond donors (Lipinski definition) is 8. The van der Waals surface area contributed by atoms with Gasteiger partial charge >= 0.3 is 23.9 Å². The average Bonchev–Trinajstić information content (AvgIpc) is 2.96. The summed E-state index contributed by atoms with van der Waals surface area (Å²) in [6, 6.07) is 0. The van der Waals surface area contributed by atoms with Crippen molar-refractivity contribution >= 4 is 47.5 Å². The fourth-order valence-electron chi connectivity index (χ4n) is 3.22. The molecule has 0 aliphatic rings. The first kappa shape index (κ1) is 40.6. The number of nitrogens with one attached hydrogen (secondary N) is 4. The molecule has 0 aliphatic carbocycles. The van der Waals surface area contributed by atoms with Gasteiger partial charge in [0.25, 0.3) is 0 Å². The Morgan fingerprint density at radius 2 is 0.844 bits per heavy atom. The first-order valence-electron chi connectivity index (χ1n) is 13.6. The molecule has 8 N–H and O–H groups in total. The SMILES string of the molecule is CC(OCCC(=O)NCC(=O)O)C(OCCC(=O)NCC(=O)O)C(COCCC(=O)NCC(=O)O)OCCC(=O)NCC(=O)O. The molecule has 4 amide bonds. The van der Waals surface area contributed by atoms with Crippen molar-refractivity contribution in [1.29, 1.82) is 0 Å². The van der Waals surface area contributed by atoms with Crippen molar-refractivity contribution < 1.29 is 77.7 Å². The number of ether oxygens (including phenoxy) is 4. The lowest BCUT2D eigenvalue weighted by Gasteiger charge is -2.32. The van der Waals surface area contributed by atoms with Gasteiger partial charge in [0.05, 0.1) is 39.1 Å². The Bertz CT molecular complexity index is 1010. The minimum atomic E-state index is -1.26. The number of hydrogen-bond acceptors (Lipinski definition) is 12. The molecule has 256 valence electrons. The quantitative estimate of drug-likeness (QED) is 0.0400. The van der Waals surface area contributed by atoms with Crippen LogP contribution in [0.3, 0.4) is 0 Å². The fourth-order valence-corrected chi connectivity index (χ4v) is 3.22. The summed E-state index contributed by atoms with van der Waals surface area (Å²) < 4.78 is 22.8. The van der Waals surface area contributed by atoms with Gasteiger partial charge in [-0.15, -0.1) is 0 Å². The third-order valence-electron chi connectivity index (χ3n) is 5.34. The predicted molar refractivity (Wildman–Crippen MR) is 147 cm³/mol. The van der Waals surface area contributed by atoms with E-state index in [9.17, 15) is 38.4 Å². The molecule has 3 unspecified atom stereocenters. The first-order chi connectivity index (χ1) is 21.2. The van der Waals surface area contributed by atoms with Crippen molar-refractivity contribution in [2.45, 2.75) is 50.9 Å². The van der Waals surface area contributed by atoms with Crippen molar-refractivity contribution in [3.63, 3.8) is 0 Å². The molecule has 20 heteroatoms. The predicted octanol–water partition coefficient (Wildman–Crippen LogP) is -3.46. The molecule has 3 atom stereocenters. The Labute approximate surface area is 257 Å². The molecule has 0 spiro atoms. The molecule has 0 rings (SSSR count). The zero-order valence-electron chi connectivity index (χ0n) is 24.6. The highest BCUT2D eigenvalue weighted by molar-refractivity contribution is 5.82. The molecular formula is C25H40N4O16. The summed E-state index contributed by atoms with van der Waals surface area (Å²) >= 11 is 0. The number of aliphatic carboxylic acids is 4. The van der Waals surface area contributed by atoms with Gasteiger partial charge in [0.2, 0.25) is 23.6 Å². The molecule has 0 aromatic heterocycles. The second kappa shape index (κ2) is 24.0. The van der Waals surface area contributed by atoms with Gasteiger partial charge in [-0.3, -0.25) is 38.4 Å². The fraction of sp³-hybridized carbons (Fsp3) is 0.680. The molecular weight excluding hydrogens is 612 g/mol. The zero-order valence-corrected chi connectivity index (χ0v) is 24.6. The largest absolute Gasteiger partial charge is 0.480 e. The van der Waals surface area contributed by atoms with E-state index in [0.717, 1.165) is 0 Å². The summed E-state index contributed by atoms with van der Waals surface area (Å²) in [6.07, 6.45) is -3.97. The van der Waals surface area contributed by atoms with Gasteiger partial charge in [-0.2, -0.15) is 0 Å². The van der Waals surface area contributed by atoms with E-state index in [0.29, 0.717) is 0 Å². The summed E-state index contributed by atoms with van der Waals surface area (Å²) in [7, 11) is 0. The van der Waals surface area contributed by atoms with E-state index >= 15 is 0 Å². The molecule has 0 fully saturated rings. The van der Waals surface area contributed by atoms with Gasteiger partial charge in [0, 0.05) is 25.7 Å². The van der Waals surface area contributed by atoms with E-state index in [1.807, 2.05) is 0 Å². The van der Waals surface area contributed by atoms with E-state index in [1.54, 1.807) is 0 Å². The third-order valence-corrected chi connectivity index (χ3v) is 5.34. The lowest BCUT2D eigenvalue weighted by atomic mass is 10.1. The monoisotopic (exact) mass is 652 g/mol. The topological polar surface area (TPSA) is 303 Å². The van der Waals surface area contributed by atoms with E-state index in [-0.39, 0.29) is 58.7 Å². The van der Waals surface area contributed by atoms with Gasteiger partial charge in [-0.1, -0.05) is 0 Å². The van der Waals surface area contributed by atoms with Crippen molar-refractivity contribution in [2.75, 3.05) is 59.2 Å². The molecule has 0 saturated heterocycles. The summed E-state index contributed by atoms with van der Waals surface area (Å²) in [5.41, 5.74) is 0. The maximum absolute atomic E-state index is 12.0. The summed E-state index contributed by atoms with van der Waals surface area (Å²) in [4.78, 5) is 90.1. The Morgan fingerprint density at radius 3 is 1.22 bits per heavy atom. The molecule has 0 aliphatic heterocycles. The highest BCUT2D eigenvalue weighted by atomic mass is 16.6. The molecule has 20 nitrogen and oxygen atoms in total. The van der Waals surface area contributed by atoms with Crippen LogP contribution in [0.25, 0.3) is 0 Å². The maximum atomic E-state index is 12.0. The number of carbonyl (C=O) groups is 8. The van der Waals surface area contributed by atoms with Gasteiger partial charge in [0.1, 0.15) is 38.4 Å². The van der Waals surface area contributed by atoms with Crippen molar-refractivity contribution in [3.8, 4) is 0 Å². The van der Waals surface area contributed by atoms with Crippen LogP contribution < -0.4 is 21.3 Å². The standard InChI is InChI=1S/C25H40N4O16/c1-15(43-7-3-18(31)27-11-22(36)37)25(45-9-5-20(33)29-13-24(40)41)16(44-8-4-19(32)28-12-23(38)39)14-42-6-2-17(30)26-10-21(34)35/h15-16,25H,2-14H2,1H3,(H,26,30)(H,27,31)(H,28,32)(H,29,33)(H,34,35)(H,36,37)(H,38,39)(H,40,41). The van der Waals surface area contributed by atoms with Crippen LogP contribution in [0.2, 0.25) is 0 Å². The number of rotatable bonds is 27. The van der Waals surface area contributed by atoms with Gasteiger partial charge < -0.3 is 60.6 Å². The third kappa shape index (κ3) is 23.7. The summed E-state index contributed by atoms with van der Waals surface area (Å²) in [5.74, 6) is -7.50. The highest BCUT2D eigenvalue weighted by Crippen LogP contribution is 2.15. The molecule has 0 bridgehead atoms. The van der Waals surface area contributed by atoms with Gasteiger partial charge in [-0.05, 0) is 6.92 Å². The highest BCUT2D eigenvalue weighted by Gasteiger charge is 2.30. The molecule has 0 heterocycles. The van der Waals surface area contributed by atoms with E-state index in [1.165, 1.54) is 6.92 Å². The minimum Gasteiger partial charge on any atom is -0.480 e. The normalized spacial score (nSPS) is 12.6. The van der Waals surface area contributed by atoms with Crippen LogP contribution in [0.5, 0.6) is 0 Å². The summed E-state index contributed by atoms with van der Waals surface area (Å²) in [6.45, 7) is -2.06. The number of carboxylic acids is 4. The summed E-state index contributed by atoms with van der Waals surface area (Å²) in [5, 5.41) is 43.4. The number of carbonyl (C=O) groups excluding carboxylic acids is 4. The molecule has 45 heavy (non-hydrogen) atoms. The van der Waals surface area contributed by atoms with Crippen LogP contribution in [0.1, 0.15) is 32.6 Å². The number of amides is 4. The van der Waals surface area contributed by atoms with Gasteiger partial charge in [-0.25, -0.2) is 0 Å². The van der Waals surface area contributed by atoms with Crippen molar-refractivity contribution in [1.82, 2.24) is 21.3 Å². The second-order valence-electron chi connectivity index (χ2n) is 9.08. The van der Waals surface area contributed by atoms with E-state index < -0.39 is 92.0 Å². The van der Waals surface area contributed by atoms with Crippen LogP contribution in [0.4, 0.5) is 0 Å². The van der Waals surface area contributed by atoms with Crippen LogP contribution in [-0.4, -0.2) is 145 Å². The lowest BCUT2D eigenvalue weighted by molar-refractivity contribution is -0.158. The Morgan fingerprint density at radius 1 is 0.511 bits per heavy atom. The lowest BCUT2D eigenvalue weighted by Crippen LogP contribution is -2.45. The van der Waals surface area contributed by atoms with Crippen molar-refractivity contribution in [3.05, 3.63) is 0 Å². The van der Waals surface area contributed by atoms with Crippen LogP contribution in [0.15, 0.2) is 0 Å². The average molecular weight is 653 g/mol. The van der Waals surface area contributed by atoms with Crippen molar-refractivity contribution in [2.24, 2.45) is 0 Å². The van der Waals surface area contributed by atoms with Crippen LogP contribution >= 0.6 is 0 Å². The maximum Gasteiger partial charge on any atom is 0.322 e. The minimum absolute atomic E-state index is 0.187. The molecule has 0 radical (unpaired) electrons. The second-order valence-corrected chi connectivity index (χ2v) is 9.08. The van der Waals surface area contributed by atoms with Crippen LogP contribution in [0, 0.1) is 0 Å². The smallest absolute Gasteiger partial charge is 0.322 e. The van der Waals surface area contributed by atoms with Crippen LogP contribution in [-0.2, 0) is 57.3 Å². The Hall–Kier alpha value is -4.40. The number of carboxylic acid groups (broad SMARTS) is 4. The molecule has 0 saturated carbocycles. The Balaban J connectivity index is 5.52. The Kier molecular flexibility index (Phi) is 21.6. The zero-order chi connectivity index (χ0) is 34.2. The molecule has 0 aromatic carbocycles. The van der Waals surface area contributed by atoms with E-state index in [4.69, 9.17) is 39.4 Å². The van der Waals surface area contributed by atoms with E-state index in [2.05, 4.69) is 21.3 Å². The first-order valence-corrected chi connectivity index (χ1v) is 13.6. The van der Waals surface area contributed by atoms with Gasteiger partial charge in [0.15, 0.2) is 0 Å². The molecule has 0 aromatic rings.